The summed E-state index contributed by atoms with van der Waals surface area (Å²) in [5.41, 5.74) is 3.27. The first-order chi connectivity index (χ1) is 18.3. The number of benzene rings is 1. The Morgan fingerprint density at radius 1 is 1.11 bits per heavy atom. The fourth-order valence-corrected chi connectivity index (χ4v) is 6.83. The standard InChI is InChI=1S/C25H30N4O8S/c30-24(27-37-22-8-4-5-13-35-22)23-20-11-9-18(29(20)25(31)32)15-28(23)38(33,34)19-10-12-21(26-14-19)36-16-17-6-2-1-3-7-17/h1-3,6-7,10,12,14,18,20,22-23H,4-5,8-9,11,13,15-16H2,(H,27,30)(H,31,32)/t18-,20?,22?,23-/m1/s1. The molecule has 1 aromatic heterocycles. The number of ether oxygens (including phenoxy) is 2. The third kappa shape index (κ3) is 5.46. The highest BCUT2D eigenvalue weighted by Crippen LogP contribution is 2.37. The van der Waals surface area contributed by atoms with Gasteiger partial charge in [0.2, 0.25) is 15.9 Å². The molecule has 3 aliphatic heterocycles. The van der Waals surface area contributed by atoms with Crippen LogP contribution in [0.3, 0.4) is 0 Å². The van der Waals surface area contributed by atoms with Gasteiger partial charge in [-0.05, 0) is 37.3 Å². The van der Waals surface area contributed by atoms with Crippen molar-refractivity contribution in [3.63, 3.8) is 0 Å². The normalized spacial score (nSPS) is 25.6. The Balaban J connectivity index is 1.34. The van der Waals surface area contributed by atoms with Crippen molar-refractivity contribution < 1.29 is 37.4 Å². The van der Waals surface area contributed by atoms with Crippen LogP contribution in [0.15, 0.2) is 53.6 Å². The van der Waals surface area contributed by atoms with Crippen molar-refractivity contribution in [2.45, 2.75) is 68.0 Å². The number of piperazine rings is 1. The first-order valence-corrected chi connectivity index (χ1v) is 14.0. The van der Waals surface area contributed by atoms with Crippen molar-refractivity contribution in [2.24, 2.45) is 0 Å². The molecule has 0 saturated carbocycles. The summed E-state index contributed by atoms with van der Waals surface area (Å²) < 4.78 is 39.6. The summed E-state index contributed by atoms with van der Waals surface area (Å²) >= 11 is 0. The van der Waals surface area contributed by atoms with Crippen LogP contribution >= 0.6 is 0 Å². The number of carboxylic acid groups (broad SMARTS) is 1. The number of amides is 2. The third-order valence-corrected chi connectivity index (χ3v) is 8.91. The van der Waals surface area contributed by atoms with Gasteiger partial charge >= 0.3 is 6.09 Å². The van der Waals surface area contributed by atoms with E-state index >= 15 is 0 Å². The molecular formula is C25H30N4O8S. The van der Waals surface area contributed by atoms with Gasteiger partial charge in [0.25, 0.3) is 5.91 Å². The summed E-state index contributed by atoms with van der Waals surface area (Å²) in [5, 5.41) is 9.77. The maximum Gasteiger partial charge on any atom is 0.407 e. The average molecular weight is 547 g/mol. The van der Waals surface area contributed by atoms with E-state index in [0.29, 0.717) is 25.9 Å². The van der Waals surface area contributed by atoms with E-state index in [-0.39, 0.29) is 23.9 Å². The molecule has 2 amide bonds. The van der Waals surface area contributed by atoms with E-state index in [9.17, 15) is 23.1 Å². The summed E-state index contributed by atoms with van der Waals surface area (Å²) in [5.74, 6) is -0.492. The summed E-state index contributed by atoms with van der Waals surface area (Å²) in [6.45, 7) is 0.614. The maximum absolute atomic E-state index is 13.7. The summed E-state index contributed by atoms with van der Waals surface area (Å²) in [4.78, 5) is 35.9. The summed E-state index contributed by atoms with van der Waals surface area (Å²) in [6, 6.07) is 9.58. The monoisotopic (exact) mass is 546 g/mol. The first-order valence-electron chi connectivity index (χ1n) is 12.6. The molecule has 4 heterocycles. The number of carbonyl (C=O) groups excluding carboxylic acids is 1. The topological polar surface area (TPSA) is 148 Å². The number of carbonyl (C=O) groups is 2. The van der Waals surface area contributed by atoms with Crippen molar-refractivity contribution in [3.05, 3.63) is 54.2 Å². The quantitative estimate of drug-likeness (QED) is 0.475. The Labute approximate surface area is 220 Å². The van der Waals surface area contributed by atoms with Gasteiger partial charge in [-0.2, -0.15) is 4.31 Å². The maximum atomic E-state index is 13.7. The van der Waals surface area contributed by atoms with Gasteiger partial charge in [0.05, 0.1) is 12.2 Å². The molecule has 2 bridgehead atoms. The van der Waals surface area contributed by atoms with Crippen LogP contribution in [0.5, 0.6) is 5.88 Å². The predicted octanol–water partition coefficient (Wildman–Crippen LogP) is 2.12. The number of fused-ring (bicyclic) bond motifs is 2. The van der Waals surface area contributed by atoms with E-state index in [1.807, 2.05) is 30.3 Å². The molecule has 3 aliphatic rings. The second-order valence-corrected chi connectivity index (χ2v) is 11.4. The van der Waals surface area contributed by atoms with E-state index in [1.165, 1.54) is 23.2 Å². The van der Waals surface area contributed by atoms with Crippen LogP contribution in [0.1, 0.15) is 37.7 Å². The second kappa shape index (κ2) is 11.2. The number of rotatable bonds is 8. The predicted molar refractivity (Wildman–Crippen MR) is 132 cm³/mol. The van der Waals surface area contributed by atoms with Crippen molar-refractivity contribution in [2.75, 3.05) is 13.2 Å². The zero-order chi connectivity index (χ0) is 26.7. The Morgan fingerprint density at radius 2 is 1.92 bits per heavy atom. The number of hydrogen-bond acceptors (Lipinski definition) is 8. The molecule has 2 N–H and O–H groups in total. The van der Waals surface area contributed by atoms with Crippen molar-refractivity contribution in [1.82, 2.24) is 19.7 Å². The number of aromatic nitrogens is 1. The minimum Gasteiger partial charge on any atom is -0.473 e. The van der Waals surface area contributed by atoms with Crippen LogP contribution in [-0.2, 0) is 31.0 Å². The van der Waals surface area contributed by atoms with Gasteiger partial charge in [0, 0.05) is 31.7 Å². The fourth-order valence-electron chi connectivity index (χ4n) is 5.23. The molecule has 0 radical (unpaired) electrons. The molecular weight excluding hydrogens is 516 g/mol. The lowest BCUT2D eigenvalue weighted by molar-refractivity contribution is -0.203. The van der Waals surface area contributed by atoms with Crippen molar-refractivity contribution in [3.8, 4) is 5.88 Å². The van der Waals surface area contributed by atoms with E-state index in [4.69, 9.17) is 14.3 Å². The third-order valence-electron chi connectivity index (χ3n) is 7.08. The Hall–Kier alpha value is -3.26. The first kappa shape index (κ1) is 26.4. The Kier molecular flexibility index (Phi) is 7.79. The Bertz CT molecular complexity index is 1240. The van der Waals surface area contributed by atoms with E-state index in [0.717, 1.165) is 22.7 Å². The molecule has 2 unspecified atom stereocenters. The SMILES string of the molecule is O=C(NOC1CCCCO1)[C@H]1C2CC[C@H](CN1S(=O)(=O)c1ccc(OCc3ccccc3)nc1)N2C(=O)O. The van der Waals surface area contributed by atoms with Gasteiger partial charge in [0.1, 0.15) is 17.5 Å². The fraction of sp³-hybridized carbons (Fsp3) is 0.480. The molecule has 4 atom stereocenters. The van der Waals surface area contributed by atoms with Gasteiger partial charge in [-0.3, -0.25) is 9.69 Å². The van der Waals surface area contributed by atoms with Gasteiger partial charge in [0.15, 0.2) is 6.29 Å². The number of hydroxylamine groups is 1. The lowest BCUT2D eigenvalue weighted by Crippen LogP contribution is -2.66. The largest absolute Gasteiger partial charge is 0.473 e. The number of pyridine rings is 1. The average Bonchev–Trinajstić information content (AvgIpc) is 3.25. The molecule has 5 rings (SSSR count). The smallest absolute Gasteiger partial charge is 0.407 e. The van der Waals surface area contributed by atoms with Crippen LogP contribution in [0.2, 0.25) is 0 Å². The zero-order valence-electron chi connectivity index (χ0n) is 20.6. The molecule has 0 aliphatic carbocycles. The molecule has 13 heteroatoms. The van der Waals surface area contributed by atoms with Crippen LogP contribution in [0, 0.1) is 0 Å². The Morgan fingerprint density at radius 3 is 2.61 bits per heavy atom. The molecule has 1 aromatic carbocycles. The summed E-state index contributed by atoms with van der Waals surface area (Å²) in [7, 11) is -4.21. The lowest BCUT2D eigenvalue weighted by atomic mass is 10.1. The van der Waals surface area contributed by atoms with Crippen molar-refractivity contribution in [1.29, 1.82) is 0 Å². The molecule has 3 fully saturated rings. The highest BCUT2D eigenvalue weighted by Gasteiger charge is 2.55. The lowest BCUT2D eigenvalue weighted by Gasteiger charge is -2.43. The number of nitrogens with zero attached hydrogens (tertiary/aromatic N) is 3. The van der Waals surface area contributed by atoms with Gasteiger partial charge in [-0.15, -0.1) is 0 Å². The molecule has 3 saturated heterocycles. The van der Waals surface area contributed by atoms with E-state index in [2.05, 4.69) is 10.5 Å². The number of hydrogen-bond donors (Lipinski definition) is 2. The van der Waals surface area contributed by atoms with Crippen LogP contribution in [0.25, 0.3) is 0 Å². The summed E-state index contributed by atoms with van der Waals surface area (Å²) in [6.07, 6.45) is 2.51. The van der Waals surface area contributed by atoms with Crippen LogP contribution < -0.4 is 10.2 Å². The van der Waals surface area contributed by atoms with Gasteiger partial charge < -0.3 is 14.6 Å². The minimum atomic E-state index is -4.21. The van der Waals surface area contributed by atoms with E-state index < -0.39 is 46.4 Å². The van der Waals surface area contributed by atoms with Crippen molar-refractivity contribution >= 4 is 22.0 Å². The molecule has 2 aromatic rings. The molecule has 204 valence electrons. The van der Waals surface area contributed by atoms with Gasteiger partial charge in [-0.25, -0.2) is 28.5 Å². The second-order valence-electron chi connectivity index (χ2n) is 9.49. The molecule has 12 nitrogen and oxygen atoms in total. The van der Waals surface area contributed by atoms with Crippen LogP contribution in [-0.4, -0.2) is 77.3 Å². The molecule has 0 spiro atoms. The van der Waals surface area contributed by atoms with Gasteiger partial charge in [-0.1, -0.05) is 30.3 Å². The minimum absolute atomic E-state index is 0.123. The van der Waals surface area contributed by atoms with E-state index in [1.54, 1.807) is 0 Å². The van der Waals surface area contributed by atoms with Crippen LogP contribution in [0.4, 0.5) is 4.79 Å². The zero-order valence-corrected chi connectivity index (χ0v) is 21.5. The highest BCUT2D eigenvalue weighted by molar-refractivity contribution is 7.89. The molecule has 38 heavy (non-hydrogen) atoms. The number of nitrogens with one attached hydrogen (secondary N) is 1. The highest BCUT2D eigenvalue weighted by atomic mass is 32.2. The number of sulfonamides is 1.